The Morgan fingerprint density at radius 1 is 1.14 bits per heavy atom. The molecular weight excluding hydrogens is 408 g/mol. The molecule has 1 unspecified atom stereocenters. The van der Waals surface area contributed by atoms with E-state index in [0.29, 0.717) is 10.9 Å². The Morgan fingerprint density at radius 3 is 2.21 bits per heavy atom. The third-order valence-electron chi connectivity index (χ3n) is 3.54. The first-order valence-corrected chi connectivity index (χ1v) is 9.35. The van der Waals surface area contributed by atoms with Crippen LogP contribution >= 0.6 is 0 Å². The molecule has 2 rings (SSSR count). The van der Waals surface area contributed by atoms with Gasteiger partial charge in [-0.15, -0.1) is 0 Å². The van der Waals surface area contributed by atoms with Gasteiger partial charge in [0.15, 0.2) is 11.9 Å². The van der Waals surface area contributed by atoms with Crippen molar-refractivity contribution in [3.8, 4) is 5.75 Å². The minimum atomic E-state index is -6.11. The van der Waals surface area contributed by atoms with Crippen molar-refractivity contribution in [2.75, 3.05) is 0 Å². The van der Waals surface area contributed by atoms with Crippen molar-refractivity contribution >= 4 is 26.9 Å². The number of fused-ring (bicyclic) bond motifs is 1. The Morgan fingerprint density at radius 2 is 1.71 bits per heavy atom. The van der Waals surface area contributed by atoms with Crippen LogP contribution in [0.2, 0.25) is 0 Å². The van der Waals surface area contributed by atoms with Gasteiger partial charge in [0.05, 0.1) is 0 Å². The zero-order valence-corrected chi connectivity index (χ0v) is 16.1. The van der Waals surface area contributed by atoms with Gasteiger partial charge >= 0.3 is 21.6 Å². The zero-order valence-electron chi connectivity index (χ0n) is 15.3. The molecule has 28 heavy (non-hydrogen) atoms. The van der Waals surface area contributed by atoms with Gasteiger partial charge in [-0.05, 0) is 24.8 Å². The monoisotopic (exact) mass is 426 g/mol. The molecule has 0 saturated carbocycles. The van der Waals surface area contributed by atoms with E-state index >= 15 is 0 Å². The number of hydrogen-bond acceptors (Lipinski definition) is 6. The summed E-state index contributed by atoms with van der Waals surface area (Å²) in [6.45, 7) is 6.96. The van der Waals surface area contributed by atoms with Crippen molar-refractivity contribution in [2.45, 2.75) is 39.3 Å². The third-order valence-corrected chi connectivity index (χ3v) is 4.50. The van der Waals surface area contributed by atoms with Gasteiger partial charge in [-0.3, -0.25) is 4.94 Å². The summed E-state index contributed by atoms with van der Waals surface area (Å²) >= 11 is 0. The molecule has 2 aromatic rings. The van der Waals surface area contributed by atoms with E-state index < -0.39 is 39.0 Å². The second-order valence-electron chi connectivity index (χ2n) is 5.44. The number of carbonyl (C=O) groups is 1. The van der Waals surface area contributed by atoms with Crippen molar-refractivity contribution in [2.24, 2.45) is 0 Å². The average Bonchev–Trinajstić information content (AvgIpc) is 2.60. The van der Waals surface area contributed by atoms with E-state index in [9.17, 15) is 36.0 Å². The maximum atomic E-state index is 12.7. The zero-order chi connectivity index (χ0) is 21.9. The third kappa shape index (κ3) is 4.71. The Bertz CT molecular complexity index is 970. The number of rotatable bonds is 4. The summed E-state index contributed by atoms with van der Waals surface area (Å²) in [5.41, 5.74) is -5.71. The molecule has 2 aromatic carbocycles. The predicted octanol–water partition coefficient (Wildman–Crippen LogP) is 4.17. The topological polar surface area (TPSA) is 89.9 Å². The molecule has 6 nitrogen and oxygen atoms in total. The van der Waals surface area contributed by atoms with Crippen LogP contribution in [0.25, 0.3) is 10.8 Å². The molecule has 0 amide bonds. The van der Waals surface area contributed by atoms with Crippen molar-refractivity contribution in [3.05, 3.63) is 41.0 Å². The molecule has 0 saturated heterocycles. The quantitative estimate of drug-likeness (QED) is 0.448. The number of aliphatic hydroxyl groups excluding tert-OH is 1. The summed E-state index contributed by atoms with van der Waals surface area (Å²) in [5, 5.41) is 10.1. The van der Waals surface area contributed by atoms with Crippen LogP contribution in [0, 0.1) is 13.8 Å². The second kappa shape index (κ2) is 8.74. The lowest BCUT2D eigenvalue weighted by molar-refractivity contribution is -0.194. The summed E-state index contributed by atoms with van der Waals surface area (Å²) in [5.74, 6) is -2.77. The number of hydrogen-bond donors (Lipinski definition) is 1. The standard InChI is InChI=1S/C15H12F4O6S.C2H6/c1-7-3-4-10-9(5-7)6-8(2)11(12(20)14(21)24-19)13(10)25-26(22,23)15(16,17)18;1-2/h3-6,12,20H,1-2H3;1-2H3. The van der Waals surface area contributed by atoms with Gasteiger partial charge in [-0.2, -0.15) is 21.6 Å². The van der Waals surface area contributed by atoms with E-state index in [4.69, 9.17) is 0 Å². The number of aryl methyl sites for hydroxylation is 2. The fourth-order valence-corrected chi connectivity index (χ4v) is 2.88. The van der Waals surface area contributed by atoms with E-state index in [2.05, 4.69) is 9.12 Å². The van der Waals surface area contributed by atoms with Gasteiger partial charge in [-0.1, -0.05) is 43.7 Å². The van der Waals surface area contributed by atoms with Crippen LogP contribution in [0.1, 0.15) is 36.6 Å². The lowest BCUT2D eigenvalue weighted by atomic mass is 9.95. The summed E-state index contributed by atoms with van der Waals surface area (Å²) < 4.78 is 77.4. The van der Waals surface area contributed by atoms with Gasteiger partial charge < -0.3 is 9.29 Å². The molecule has 156 valence electrons. The van der Waals surface area contributed by atoms with Crippen molar-refractivity contribution in [3.63, 3.8) is 0 Å². The predicted molar refractivity (Wildman–Crippen MR) is 92.5 cm³/mol. The van der Waals surface area contributed by atoms with Crippen LogP contribution in [0.4, 0.5) is 17.7 Å². The maximum absolute atomic E-state index is 12.7. The Kier molecular flexibility index (Phi) is 7.38. The Balaban J connectivity index is 0.00000190. The molecule has 11 heteroatoms. The van der Waals surface area contributed by atoms with E-state index in [1.54, 1.807) is 6.92 Å². The normalized spacial score (nSPS) is 12.8. The SMILES string of the molecule is CC.Cc1ccc2c(OS(=O)(=O)C(F)(F)F)c(C(O)C(=O)OF)c(C)cc2c1. The highest BCUT2D eigenvalue weighted by molar-refractivity contribution is 7.88. The lowest BCUT2D eigenvalue weighted by Gasteiger charge is -2.19. The number of alkyl halides is 3. The highest BCUT2D eigenvalue weighted by atomic mass is 32.2. The number of halogens is 4. The number of carbonyl (C=O) groups excluding carboxylic acids is 1. The molecule has 0 radical (unpaired) electrons. The molecule has 0 aromatic heterocycles. The van der Waals surface area contributed by atoms with Crippen LogP contribution in [-0.2, 0) is 19.9 Å². The first kappa shape index (κ1) is 23.6. The molecule has 0 aliphatic heterocycles. The van der Waals surface area contributed by atoms with Crippen LogP contribution in [0.5, 0.6) is 5.75 Å². The van der Waals surface area contributed by atoms with Gasteiger partial charge in [0.25, 0.3) is 0 Å². The van der Waals surface area contributed by atoms with Crippen molar-refractivity contribution < 1.29 is 45.1 Å². The fourth-order valence-electron chi connectivity index (χ4n) is 2.39. The van der Waals surface area contributed by atoms with Gasteiger partial charge in [0.2, 0.25) is 0 Å². The van der Waals surface area contributed by atoms with E-state index in [1.165, 1.54) is 31.2 Å². The number of aliphatic hydroxyl groups is 1. The van der Waals surface area contributed by atoms with Crippen LogP contribution < -0.4 is 4.18 Å². The molecule has 1 N–H and O–H groups in total. The Labute approximate surface area is 158 Å². The summed E-state index contributed by atoms with van der Waals surface area (Å²) in [7, 11) is -6.11. The average molecular weight is 426 g/mol. The highest BCUT2D eigenvalue weighted by Crippen LogP contribution is 2.40. The van der Waals surface area contributed by atoms with Crippen molar-refractivity contribution in [1.29, 1.82) is 0 Å². The first-order valence-electron chi connectivity index (χ1n) is 7.94. The number of benzene rings is 2. The summed E-state index contributed by atoms with van der Waals surface area (Å²) in [6.07, 6.45) is -2.40. The molecule has 1 atom stereocenters. The molecule has 0 aliphatic carbocycles. The largest absolute Gasteiger partial charge is 0.534 e. The Hall–Kier alpha value is -2.40. The van der Waals surface area contributed by atoms with Crippen molar-refractivity contribution in [1.82, 2.24) is 0 Å². The smallest absolute Gasteiger partial charge is 0.377 e. The van der Waals surface area contributed by atoms with E-state index in [-0.39, 0.29) is 10.9 Å². The molecule has 0 aliphatic rings. The van der Waals surface area contributed by atoms with Gasteiger partial charge in [-0.25, -0.2) is 4.79 Å². The first-order chi connectivity index (χ1) is 12.9. The minimum absolute atomic E-state index is 0.00613. The second-order valence-corrected chi connectivity index (χ2v) is 6.98. The van der Waals surface area contributed by atoms with Crippen LogP contribution in [0.15, 0.2) is 24.3 Å². The van der Waals surface area contributed by atoms with E-state index in [0.717, 1.165) is 0 Å². The molecular formula is C17H18F4O6S. The lowest BCUT2D eigenvalue weighted by Crippen LogP contribution is -2.29. The van der Waals surface area contributed by atoms with Gasteiger partial charge in [0, 0.05) is 15.5 Å². The minimum Gasteiger partial charge on any atom is -0.377 e. The van der Waals surface area contributed by atoms with E-state index in [1.807, 2.05) is 13.8 Å². The molecule has 0 fully saturated rings. The molecule has 0 spiro atoms. The molecule has 0 heterocycles. The maximum Gasteiger partial charge on any atom is 0.534 e. The molecule has 0 bridgehead atoms. The highest BCUT2D eigenvalue weighted by Gasteiger charge is 2.49. The summed E-state index contributed by atoms with van der Waals surface area (Å²) in [6, 6.07) is 5.61. The van der Waals surface area contributed by atoms with Crippen LogP contribution in [0.3, 0.4) is 0 Å². The summed E-state index contributed by atoms with van der Waals surface area (Å²) in [4.78, 5) is 14.2. The van der Waals surface area contributed by atoms with Gasteiger partial charge in [0.1, 0.15) is 0 Å². The fraction of sp³-hybridized carbons (Fsp3) is 0.353. The van der Waals surface area contributed by atoms with Crippen LogP contribution in [-0.4, -0.2) is 25.0 Å².